The van der Waals surface area contributed by atoms with Gasteiger partial charge in [-0.15, -0.1) is 0 Å². The molecule has 3 aromatic rings. The molecule has 0 aliphatic rings. The lowest BCUT2D eigenvalue weighted by atomic mass is 10.1. The van der Waals surface area contributed by atoms with Gasteiger partial charge in [-0.05, 0) is 12.1 Å². The zero-order valence-corrected chi connectivity index (χ0v) is 13.9. The van der Waals surface area contributed by atoms with Gasteiger partial charge in [0.1, 0.15) is 11.3 Å². The van der Waals surface area contributed by atoms with Crippen LogP contribution in [0.2, 0.25) is 0 Å². The number of carbonyl (C=O) groups is 1. The molecular formula is C17H10Cl3NO2. The van der Waals surface area contributed by atoms with Crippen LogP contribution in [0.4, 0.5) is 0 Å². The van der Waals surface area contributed by atoms with Crippen molar-refractivity contribution in [3.63, 3.8) is 0 Å². The van der Waals surface area contributed by atoms with Crippen LogP contribution in [0.25, 0.3) is 22.3 Å². The third-order valence-corrected chi connectivity index (χ3v) is 3.66. The number of para-hydroxylation sites is 1. The van der Waals surface area contributed by atoms with Gasteiger partial charge in [-0.2, -0.15) is 0 Å². The molecule has 1 heterocycles. The molecule has 3 nitrogen and oxygen atoms in total. The van der Waals surface area contributed by atoms with E-state index in [1.807, 2.05) is 42.5 Å². The number of benzene rings is 2. The van der Waals surface area contributed by atoms with Crippen molar-refractivity contribution in [2.75, 3.05) is 0 Å². The van der Waals surface area contributed by atoms with Crippen molar-refractivity contribution < 1.29 is 9.21 Å². The molecule has 6 heteroatoms. The normalized spacial score (nSPS) is 12.6. The lowest BCUT2D eigenvalue weighted by molar-refractivity contribution is -0.117. The number of amides is 1. The van der Waals surface area contributed by atoms with Gasteiger partial charge < -0.3 is 4.42 Å². The monoisotopic (exact) mass is 365 g/mol. The maximum atomic E-state index is 11.9. The summed E-state index contributed by atoms with van der Waals surface area (Å²) in [5.74, 6) is -0.280. The third kappa shape index (κ3) is 3.58. The fraction of sp³-hybridized carbons (Fsp3) is 0.0588. The van der Waals surface area contributed by atoms with Gasteiger partial charge in [0.15, 0.2) is 0 Å². The van der Waals surface area contributed by atoms with Crippen molar-refractivity contribution in [2.45, 2.75) is 3.79 Å². The fourth-order valence-corrected chi connectivity index (χ4v) is 2.25. The smallest absolute Gasteiger partial charge is 0.298 e. The van der Waals surface area contributed by atoms with E-state index in [0.29, 0.717) is 22.1 Å². The van der Waals surface area contributed by atoms with E-state index < -0.39 is 9.70 Å². The van der Waals surface area contributed by atoms with E-state index in [2.05, 4.69) is 4.99 Å². The Kier molecular flexibility index (Phi) is 4.44. The van der Waals surface area contributed by atoms with Gasteiger partial charge in [0.2, 0.25) is 0 Å². The summed E-state index contributed by atoms with van der Waals surface area (Å²) in [5.41, 5.74) is 1.45. The van der Waals surface area contributed by atoms with Crippen LogP contribution in [-0.2, 0) is 4.79 Å². The summed E-state index contributed by atoms with van der Waals surface area (Å²) in [7, 11) is 0. The van der Waals surface area contributed by atoms with Crippen LogP contribution in [-0.4, -0.2) is 9.70 Å². The van der Waals surface area contributed by atoms with E-state index in [4.69, 9.17) is 39.2 Å². The quantitative estimate of drug-likeness (QED) is 0.575. The number of carbonyl (C=O) groups excluding carboxylic acids is 1. The Morgan fingerprint density at radius 3 is 2.30 bits per heavy atom. The number of fused-ring (bicyclic) bond motifs is 1. The van der Waals surface area contributed by atoms with Crippen molar-refractivity contribution >= 4 is 51.7 Å². The van der Waals surface area contributed by atoms with Crippen LogP contribution in [0, 0.1) is 0 Å². The van der Waals surface area contributed by atoms with Crippen LogP contribution in [0.1, 0.15) is 0 Å². The average molecular weight is 367 g/mol. The number of nitrogens with zero attached hydrogens (tertiary/aromatic N) is 1. The first-order valence-electron chi connectivity index (χ1n) is 6.69. The number of hydrogen-bond donors (Lipinski definition) is 0. The molecule has 23 heavy (non-hydrogen) atoms. The predicted octanol–water partition coefficient (Wildman–Crippen LogP) is 4.90. The third-order valence-electron chi connectivity index (χ3n) is 3.17. The molecule has 0 radical (unpaired) electrons. The minimum Gasteiger partial charge on any atom is -0.456 e. The lowest BCUT2D eigenvalue weighted by Gasteiger charge is -2.06. The number of rotatable bonds is 1. The zero-order valence-electron chi connectivity index (χ0n) is 11.7. The maximum absolute atomic E-state index is 11.9. The molecule has 0 saturated heterocycles. The maximum Gasteiger partial charge on any atom is 0.298 e. The molecule has 1 aromatic heterocycles. The Labute approximate surface area is 147 Å². The SMILES string of the molecule is O=C(N=c1cc(-c2ccccc2)oc2ccccc12)C(Cl)(Cl)Cl. The first-order valence-corrected chi connectivity index (χ1v) is 7.83. The Hall–Kier alpha value is -1.81. The zero-order chi connectivity index (χ0) is 16.4. The second-order valence-corrected chi connectivity index (χ2v) is 7.05. The lowest BCUT2D eigenvalue weighted by Crippen LogP contribution is -2.20. The molecule has 2 aromatic carbocycles. The number of alkyl halides is 3. The van der Waals surface area contributed by atoms with Crippen LogP contribution in [0.3, 0.4) is 0 Å². The Morgan fingerprint density at radius 2 is 1.61 bits per heavy atom. The molecule has 0 aliphatic carbocycles. The highest BCUT2D eigenvalue weighted by Crippen LogP contribution is 2.27. The molecule has 0 saturated carbocycles. The van der Waals surface area contributed by atoms with E-state index in [-0.39, 0.29) is 0 Å². The van der Waals surface area contributed by atoms with Crippen molar-refractivity contribution in [3.05, 3.63) is 66.0 Å². The van der Waals surface area contributed by atoms with Crippen LogP contribution < -0.4 is 5.36 Å². The summed E-state index contributed by atoms with van der Waals surface area (Å²) in [6.07, 6.45) is 0. The standard InChI is InChI=1S/C17H10Cl3NO2/c18-17(19,20)16(22)21-13-10-15(11-6-2-1-3-7-11)23-14-9-5-4-8-12(13)14/h1-10H. The highest BCUT2D eigenvalue weighted by Gasteiger charge is 2.30. The largest absolute Gasteiger partial charge is 0.456 e. The van der Waals surface area contributed by atoms with Gasteiger partial charge in [-0.25, -0.2) is 4.99 Å². The number of hydrogen-bond acceptors (Lipinski definition) is 2. The van der Waals surface area contributed by atoms with Gasteiger partial charge in [0, 0.05) is 17.0 Å². The van der Waals surface area contributed by atoms with E-state index in [1.54, 1.807) is 18.2 Å². The molecule has 3 rings (SSSR count). The summed E-state index contributed by atoms with van der Waals surface area (Å²) in [5, 5.41) is 1.05. The minimum absolute atomic E-state index is 0.391. The van der Waals surface area contributed by atoms with Gasteiger partial charge in [-0.1, -0.05) is 77.3 Å². The van der Waals surface area contributed by atoms with Crippen LogP contribution in [0.5, 0.6) is 0 Å². The van der Waals surface area contributed by atoms with Gasteiger partial charge >= 0.3 is 0 Å². The van der Waals surface area contributed by atoms with E-state index in [1.165, 1.54) is 0 Å². The molecule has 116 valence electrons. The van der Waals surface area contributed by atoms with Crippen molar-refractivity contribution in [3.8, 4) is 11.3 Å². The highest BCUT2D eigenvalue weighted by atomic mass is 35.6. The molecule has 0 aliphatic heterocycles. The van der Waals surface area contributed by atoms with Gasteiger partial charge in [-0.3, -0.25) is 4.79 Å². The van der Waals surface area contributed by atoms with Crippen LogP contribution >= 0.6 is 34.8 Å². The number of halogens is 3. The molecule has 0 N–H and O–H groups in total. The van der Waals surface area contributed by atoms with Gasteiger partial charge in [0.05, 0.1) is 5.36 Å². The second kappa shape index (κ2) is 6.36. The predicted molar refractivity (Wildman–Crippen MR) is 92.5 cm³/mol. The fourth-order valence-electron chi connectivity index (χ4n) is 2.13. The molecule has 0 atom stereocenters. The summed E-state index contributed by atoms with van der Waals surface area (Å²) < 4.78 is 3.79. The van der Waals surface area contributed by atoms with Gasteiger partial charge in [0.25, 0.3) is 9.70 Å². The van der Waals surface area contributed by atoms with E-state index >= 15 is 0 Å². The first-order chi connectivity index (χ1) is 10.9. The summed E-state index contributed by atoms with van der Waals surface area (Å²) >= 11 is 16.8. The molecule has 0 fully saturated rings. The summed E-state index contributed by atoms with van der Waals surface area (Å²) in [6, 6.07) is 18.4. The minimum atomic E-state index is -2.10. The second-order valence-electron chi connectivity index (χ2n) is 4.77. The molecule has 0 unspecified atom stereocenters. The Morgan fingerprint density at radius 1 is 0.957 bits per heavy atom. The van der Waals surface area contributed by atoms with Crippen molar-refractivity contribution in [1.29, 1.82) is 0 Å². The first kappa shape index (κ1) is 16.1. The summed E-state index contributed by atoms with van der Waals surface area (Å²) in [4.78, 5) is 15.9. The topological polar surface area (TPSA) is 42.6 Å². The van der Waals surface area contributed by atoms with E-state index in [9.17, 15) is 4.79 Å². The molecule has 1 amide bonds. The van der Waals surface area contributed by atoms with Crippen LogP contribution in [0.15, 0.2) is 70.1 Å². The van der Waals surface area contributed by atoms with Crippen molar-refractivity contribution in [1.82, 2.24) is 0 Å². The summed E-state index contributed by atoms with van der Waals surface area (Å²) in [6.45, 7) is 0. The Bertz CT molecular complexity index is 928. The Balaban J connectivity index is 2.28. The van der Waals surface area contributed by atoms with Crippen molar-refractivity contribution in [2.24, 2.45) is 4.99 Å². The molecule has 0 spiro atoms. The molecule has 0 bridgehead atoms. The highest BCUT2D eigenvalue weighted by molar-refractivity contribution is 6.76. The molecular weight excluding hydrogens is 357 g/mol. The van der Waals surface area contributed by atoms with E-state index in [0.717, 1.165) is 5.56 Å². The average Bonchev–Trinajstić information content (AvgIpc) is 2.54.